The molecule has 0 radical (unpaired) electrons. The molecule has 0 fully saturated rings. The number of hydrogen-bond acceptors (Lipinski definition) is 5. The molecule has 0 aliphatic rings. The maximum atomic E-state index is 9.03. The molecule has 0 atom stereocenters. The molecule has 0 saturated carbocycles. The summed E-state index contributed by atoms with van der Waals surface area (Å²) in [7, 11) is 0. The lowest BCUT2D eigenvalue weighted by atomic mass is 10.1. The third-order valence-corrected chi connectivity index (χ3v) is 8.05. The topological polar surface area (TPSA) is 126 Å². The van der Waals surface area contributed by atoms with Crippen molar-refractivity contribution in [1.82, 2.24) is 29.9 Å². The number of benzene rings is 5. The minimum absolute atomic E-state index is 0.143. The maximum absolute atomic E-state index is 9.03. The predicted octanol–water partition coefficient (Wildman–Crippen LogP) is 8.40. The molecule has 8 rings (SSSR count). The summed E-state index contributed by atoms with van der Waals surface area (Å²) < 4.78 is 0. The number of rotatable bonds is 9. The normalized spacial score (nSPS) is 10.5. The smallest absolute Gasteiger partial charge is 0.137 e. The van der Waals surface area contributed by atoms with E-state index in [2.05, 4.69) is 103 Å². The average Bonchev–Trinajstić information content (AvgIpc) is 3.98. The zero-order valence-electron chi connectivity index (χ0n) is 28.2. The number of aromatic amines is 3. The number of aliphatic hydroxyl groups is 2. The molecule has 0 amide bonds. The minimum Gasteiger partial charge on any atom is -0.390 e. The van der Waals surface area contributed by atoms with Gasteiger partial charge in [0.25, 0.3) is 0 Å². The van der Waals surface area contributed by atoms with Gasteiger partial charge in [-0.05, 0) is 11.1 Å². The standard InChI is InChI=1S/2C16H14N2.C11H12N2O2/c2*1-3-7-13(8-4-1)11-15-12-17-16(18-15)14-9-5-2-6-10-14;14-6-9-10(7-15)13-11(12-9)8-4-2-1-3-5-8/h2*1-10,12H,11H2,(H,17,18);1-5,14-15H,6-7H2,(H,12,13). The molecule has 5 N–H and O–H groups in total. The van der Waals surface area contributed by atoms with Crippen molar-refractivity contribution in [1.29, 1.82) is 0 Å². The largest absolute Gasteiger partial charge is 0.390 e. The summed E-state index contributed by atoms with van der Waals surface area (Å²) in [6, 6.07) is 50.8. The Morgan fingerprint density at radius 3 is 1.14 bits per heavy atom. The van der Waals surface area contributed by atoms with Gasteiger partial charge in [0.05, 0.1) is 24.6 Å². The first-order valence-corrected chi connectivity index (χ1v) is 16.8. The Hall–Kier alpha value is -6.35. The summed E-state index contributed by atoms with van der Waals surface area (Å²) in [5.41, 5.74) is 9.11. The molecule has 5 aromatic carbocycles. The molecule has 3 heterocycles. The van der Waals surface area contributed by atoms with E-state index in [1.54, 1.807) is 0 Å². The van der Waals surface area contributed by atoms with Gasteiger partial charge in [0.1, 0.15) is 17.5 Å². The van der Waals surface area contributed by atoms with Crippen LogP contribution in [0.25, 0.3) is 34.2 Å². The maximum Gasteiger partial charge on any atom is 0.137 e. The summed E-state index contributed by atoms with van der Waals surface area (Å²) in [6.07, 6.45) is 5.60. The summed E-state index contributed by atoms with van der Waals surface area (Å²) in [6.45, 7) is -0.311. The lowest BCUT2D eigenvalue weighted by molar-refractivity contribution is 0.255. The number of aliphatic hydroxyl groups excluding tert-OH is 2. The van der Waals surface area contributed by atoms with Gasteiger partial charge in [-0.2, -0.15) is 0 Å². The first-order chi connectivity index (χ1) is 25.2. The Kier molecular flexibility index (Phi) is 12.1. The van der Waals surface area contributed by atoms with Gasteiger partial charge in [-0.25, -0.2) is 15.0 Å². The highest BCUT2D eigenvalue weighted by molar-refractivity contribution is 5.56. The number of nitrogens with zero attached hydrogens (tertiary/aromatic N) is 3. The quantitative estimate of drug-likeness (QED) is 0.105. The van der Waals surface area contributed by atoms with E-state index in [1.807, 2.05) is 91.3 Å². The SMILES string of the molecule is OCc1nc(-c2ccccc2)[nH]c1CO.c1ccc(Cc2cnc(-c3ccccc3)[nH]2)cc1.c1ccc(Cc2cnc(-c3ccccc3)[nH]2)cc1. The second-order valence-electron chi connectivity index (χ2n) is 11.8. The molecule has 8 nitrogen and oxygen atoms in total. The van der Waals surface area contributed by atoms with Gasteiger partial charge in [-0.3, -0.25) is 0 Å². The van der Waals surface area contributed by atoms with Crippen LogP contribution in [0.3, 0.4) is 0 Å². The molecule has 0 saturated heterocycles. The molecule has 0 aliphatic carbocycles. The molecule has 0 unspecified atom stereocenters. The third kappa shape index (κ3) is 9.86. The van der Waals surface area contributed by atoms with E-state index in [1.165, 1.54) is 11.1 Å². The summed E-state index contributed by atoms with van der Waals surface area (Å²) in [5, 5.41) is 18.0. The second kappa shape index (κ2) is 17.9. The van der Waals surface area contributed by atoms with E-state index >= 15 is 0 Å². The van der Waals surface area contributed by atoms with Gasteiger partial charge < -0.3 is 25.2 Å². The fourth-order valence-electron chi connectivity index (χ4n) is 5.45. The number of aromatic nitrogens is 6. The van der Waals surface area contributed by atoms with E-state index in [9.17, 15) is 0 Å². The molecule has 0 spiro atoms. The first-order valence-electron chi connectivity index (χ1n) is 16.8. The monoisotopic (exact) mass is 672 g/mol. The van der Waals surface area contributed by atoms with Gasteiger partial charge >= 0.3 is 0 Å². The van der Waals surface area contributed by atoms with E-state index in [0.717, 1.165) is 52.6 Å². The highest BCUT2D eigenvalue weighted by atomic mass is 16.3. The fraction of sp³-hybridized carbons (Fsp3) is 0.0930. The average molecular weight is 673 g/mol. The van der Waals surface area contributed by atoms with Crippen molar-refractivity contribution >= 4 is 0 Å². The molecule has 8 aromatic rings. The molecular formula is C43H40N6O2. The minimum atomic E-state index is -0.167. The van der Waals surface area contributed by atoms with Crippen LogP contribution in [0.5, 0.6) is 0 Å². The molecular weight excluding hydrogens is 633 g/mol. The fourth-order valence-corrected chi connectivity index (χ4v) is 5.45. The van der Waals surface area contributed by atoms with Gasteiger partial charge in [0.2, 0.25) is 0 Å². The first kappa shape index (κ1) is 34.5. The lowest BCUT2D eigenvalue weighted by Crippen LogP contribution is -1.91. The Morgan fingerprint density at radius 2 is 0.784 bits per heavy atom. The van der Waals surface area contributed by atoms with Crippen LogP contribution in [0, 0.1) is 0 Å². The van der Waals surface area contributed by atoms with Crippen molar-refractivity contribution in [3.63, 3.8) is 0 Å². The number of hydrogen-bond donors (Lipinski definition) is 5. The van der Waals surface area contributed by atoms with Gasteiger partial charge in [0, 0.05) is 53.3 Å². The molecule has 8 heteroatoms. The van der Waals surface area contributed by atoms with Crippen molar-refractivity contribution < 1.29 is 10.2 Å². The van der Waals surface area contributed by atoms with Crippen LogP contribution in [-0.2, 0) is 26.1 Å². The van der Waals surface area contributed by atoms with Crippen LogP contribution in [0.1, 0.15) is 33.9 Å². The predicted molar refractivity (Wildman–Crippen MR) is 202 cm³/mol. The highest BCUT2D eigenvalue weighted by Crippen LogP contribution is 2.19. The molecule has 0 bridgehead atoms. The lowest BCUT2D eigenvalue weighted by Gasteiger charge is -1.98. The van der Waals surface area contributed by atoms with Gasteiger partial charge in [-0.1, -0.05) is 152 Å². The summed E-state index contributed by atoms with van der Waals surface area (Å²) in [5.74, 6) is 2.53. The van der Waals surface area contributed by atoms with E-state index in [-0.39, 0.29) is 13.2 Å². The van der Waals surface area contributed by atoms with Gasteiger partial charge in [-0.15, -0.1) is 0 Å². The second-order valence-corrected chi connectivity index (χ2v) is 11.8. The summed E-state index contributed by atoms with van der Waals surface area (Å²) >= 11 is 0. The van der Waals surface area contributed by atoms with Crippen molar-refractivity contribution in [2.75, 3.05) is 0 Å². The van der Waals surface area contributed by atoms with Crippen LogP contribution >= 0.6 is 0 Å². The Balaban J connectivity index is 0.000000133. The zero-order chi connectivity index (χ0) is 35.1. The Labute approximate surface area is 297 Å². The Morgan fingerprint density at radius 1 is 0.412 bits per heavy atom. The van der Waals surface area contributed by atoms with E-state index in [4.69, 9.17) is 10.2 Å². The third-order valence-electron chi connectivity index (χ3n) is 8.05. The summed E-state index contributed by atoms with van der Waals surface area (Å²) in [4.78, 5) is 22.8. The van der Waals surface area contributed by atoms with Crippen LogP contribution in [-0.4, -0.2) is 40.1 Å². The van der Waals surface area contributed by atoms with Crippen molar-refractivity contribution in [2.24, 2.45) is 0 Å². The van der Waals surface area contributed by atoms with Crippen molar-refractivity contribution in [3.05, 3.63) is 198 Å². The number of H-pyrrole nitrogens is 3. The van der Waals surface area contributed by atoms with Crippen LogP contribution < -0.4 is 0 Å². The number of imidazole rings is 3. The van der Waals surface area contributed by atoms with Crippen molar-refractivity contribution in [3.8, 4) is 34.2 Å². The molecule has 51 heavy (non-hydrogen) atoms. The van der Waals surface area contributed by atoms with Crippen molar-refractivity contribution in [2.45, 2.75) is 26.1 Å². The van der Waals surface area contributed by atoms with Gasteiger partial charge in [0.15, 0.2) is 0 Å². The molecule has 0 aliphatic heterocycles. The van der Waals surface area contributed by atoms with Crippen LogP contribution in [0.15, 0.2) is 164 Å². The Bertz CT molecular complexity index is 2030. The van der Waals surface area contributed by atoms with E-state index in [0.29, 0.717) is 17.2 Å². The van der Waals surface area contributed by atoms with E-state index < -0.39 is 0 Å². The molecule has 254 valence electrons. The molecule has 3 aromatic heterocycles. The van der Waals surface area contributed by atoms with Crippen LogP contribution in [0.2, 0.25) is 0 Å². The zero-order valence-corrected chi connectivity index (χ0v) is 28.2. The van der Waals surface area contributed by atoms with Crippen LogP contribution in [0.4, 0.5) is 0 Å². The highest BCUT2D eigenvalue weighted by Gasteiger charge is 2.09. The number of nitrogens with one attached hydrogen (secondary N) is 3.